The van der Waals surface area contributed by atoms with Gasteiger partial charge in [0, 0.05) is 9.79 Å². The minimum atomic E-state index is 1.10. The second-order valence-electron chi connectivity index (χ2n) is 6.71. The summed E-state index contributed by atoms with van der Waals surface area (Å²) in [5, 5.41) is 3.42. The van der Waals surface area contributed by atoms with Gasteiger partial charge >= 0.3 is 0 Å². The molecule has 1 aliphatic carbocycles. The first-order valence-corrected chi connectivity index (χ1v) is 9.99. The van der Waals surface area contributed by atoms with E-state index >= 15 is 0 Å². The van der Waals surface area contributed by atoms with Gasteiger partial charge in [0.25, 0.3) is 0 Å². The zero-order valence-corrected chi connectivity index (χ0v) is 15.7. The lowest BCUT2D eigenvalue weighted by Gasteiger charge is -2.19. The van der Waals surface area contributed by atoms with E-state index in [1.165, 1.54) is 43.4 Å². The van der Waals surface area contributed by atoms with Crippen LogP contribution in [0.3, 0.4) is 0 Å². The summed E-state index contributed by atoms with van der Waals surface area (Å²) in [6.07, 6.45) is 1.10. The van der Waals surface area contributed by atoms with Crippen molar-refractivity contribution in [3.63, 3.8) is 0 Å². The summed E-state index contributed by atoms with van der Waals surface area (Å²) in [5.41, 5.74) is 8.16. The standard InChI is InChI=1S/C13H10.C12H9NS/c1-3-7-12-10(5-1)9-11-6-2-4-8-13(11)12;1-3-7-11-9(5-1)13-10-6-2-4-8-12(10)14-11/h1-8H,9H2;1-8,13H. The average Bonchev–Trinajstić information content (AvgIpc) is 3.11. The molecule has 2 heteroatoms. The van der Waals surface area contributed by atoms with Gasteiger partial charge < -0.3 is 5.32 Å². The van der Waals surface area contributed by atoms with Crippen LogP contribution < -0.4 is 5.32 Å². The Bertz CT molecular complexity index is 985. The molecule has 0 saturated heterocycles. The van der Waals surface area contributed by atoms with Gasteiger partial charge in [0.1, 0.15) is 0 Å². The van der Waals surface area contributed by atoms with E-state index in [0.29, 0.717) is 0 Å². The molecular formula is C25H19NS. The lowest BCUT2D eigenvalue weighted by Crippen LogP contribution is -1.98. The number of anilines is 2. The normalized spacial score (nSPS) is 12.4. The molecular weight excluding hydrogens is 346 g/mol. The molecule has 0 amide bonds. The molecule has 0 aromatic heterocycles. The number of fused-ring (bicyclic) bond motifs is 5. The zero-order valence-electron chi connectivity index (χ0n) is 14.9. The van der Waals surface area contributed by atoms with E-state index in [2.05, 4.69) is 102 Å². The van der Waals surface area contributed by atoms with E-state index in [-0.39, 0.29) is 0 Å². The fraction of sp³-hybridized carbons (Fsp3) is 0.0400. The van der Waals surface area contributed by atoms with E-state index in [0.717, 1.165) is 6.42 Å². The lowest BCUT2D eigenvalue weighted by molar-refractivity contribution is 1.26. The topological polar surface area (TPSA) is 12.0 Å². The van der Waals surface area contributed by atoms with Crippen LogP contribution in [-0.2, 0) is 6.42 Å². The number of nitrogens with one attached hydrogen (secondary N) is 1. The van der Waals surface area contributed by atoms with Crippen molar-refractivity contribution in [2.75, 3.05) is 5.32 Å². The van der Waals surface area contributed by atoms with Gasteiger partial charge in [0.05, 0.1) is 11.4 Å². The maximum absolute atomic E-state index is 3.42. The van der Waals surface area contributed by atoms with Gasteiger partial charge in [-0.15, -0.1) is 0 Å². The summed E-state index contributed by atoms with van der Waals surface area (Å²) in [5.74, 6) is 0. The van der Waals surface area contributed by atoms with Crippen molar-refractivity contribution >= 4 is 23.1 Å². The number of para-hydroxylation sites is 2. The molecule has 0 fully saturated rings. The van der Waals surface area contributed by atoms with E-state index in [1.54, 1.807) is 0 Å². The maximum atomic E-state index is 3.42. The first-order chi connectivity index (χ1) is 13.4. The van der Waals surface area contributed by atoms with Crippen LogP contribution in [0.15, 0.2) is 107 Å². The van der Waals surface area contributed by atoms with Crippen LogP contribution in [0, 0.1) is 0 Å². The minimum absolute atomic E-state index is 1.10. The Kier molecular flexibility index (Phi) is 4.19. The molecule has 0 unspecified atom stereocenters. The molecule has 2 aliphatic rings. The van der Waals surface area contributed by atoms with Gasteiger partial charge in [0.2, 0.25) is 0 Å². The summed E-state index contributed by atoms with van der Waals surface area (Å²) in [6.45, 7) is 0. The van der Waals surface area contributed by atoms with Gasteiger partial charge in [-0.2, -0.15) is 0 Å². The molecule has 0 atom stereocenters. The Morgan fingerprint density at radius 3 is 1.52 bits per heavy atom. The summed E-state index contributed by atoms with van der Waals surface area (Å²) in [7, 11) is 0. The highest BCUT2D eigenvalue weighted by Gasteiger charge is 2.16. The van der Waals surface area contributed by atoms with Crippen molar-refractivity contribution < 1.29 is 0 Å². The fourth-order valence-electron chi connectivity index (χ4n) is 3.66. The van der Waals surface area contributed by atoms with E-state index in [4.69, 9.17) is 0 Å². The number of hydrogen-bond acceptors (Lipinski definition) is 2. The first-order valence-electron chi connectivity index (χ1n) is 9.17. The van der Waals surface area contributed by atoms with Crippen molar-refractivity contribution in [1.82, 2.24) is 0 Å². The molecule has 0 radical (unpaired) electrons. The Hall–Kier alpha value is -2.97. The Morgan fingerprint density at radius 1 is 0.519 bits per heavy atom. The summed E-state index contributed by atoms with van der Waals surface area (Å²) in [6, 6.07) is 34.1. The molecule has 0 saturated carbocycles. The van der Waals surface area contributed by atoms with Crippen molar-refractivity contribution in [2.24, 2.45) is 0 Å². The predicted molar refractivity (Wildman–Crippen MR) is 115 cm³/mol. The smallest absolute Gasteiger partial charge is 0.0526 e. The van der Waals surface area contributed by atoms with Crippen LogP contribution >= 0.6 is 11.8 Å². The molecule has 6 rings (SSSR count). The maximum Gasteiger partial charge on any atom is 0.0526 e. The molecule has 4 aromatic carbocycles. The van der Waals surface area contributed by atoms with Crippen molar-refractivity contribution in [2.45, 2.75) is 16.2 Å². The largest absolute Gasteiger partial charge is 0.354 e. The van der Waals surface area contributed by atoms with Crippen LogP contribution in [0.25, 0.3) is 11.1 Å². The van der Waals surface area contributed by atoms with Gasteiger partial charge in [-0.3, -0.25) is 0 Å². The highest BCUT2D eigenvalue weighted by atomic mass is 32.2. The van der Waals surface area contributed by atoms with Crippen molar-refractivity contribution in [3.05, 3.63) is 108 Å². The molecule has 27 heavy (non-hydrogen) atoms. The van der Waals surface area contributed by atoms with E-state index in [1.807, 2.05) is 11.8 Å². The Balaban J connectivity index is 0.000000119. The quantitative estimate of drug-likeness (QED) is 0.307. The van der Waals surface area contributed by atoms with Crippen molar-refractivity contribution in [1.29, 1.82) is 0 Å². The average molecular weight is 366 g/mol. The summed E-state index contributed by atoms with van der Waals surface area (Å²) < 4.78 is 0. The third-order valence-corrected chi connectivity index (χ3v) is 6.12. The fourth-order valence-corrected chi connectivity index (χ4v) is 4.65. The van der Waals surface area contributed by atoms with Gasteiger partial charge in [0.15, 0.2) is 0 Å². The number of rotatable bonds is 0. The van der Waals surface area contributed by atoms with Crippen LogP contribution in [0.5, 0.6) is 0 Å². The molecule has 1 N–H and O–H groups in total. The second kappa shape index (κ2) is 6.98. The Labute approximate surface area is 164 Å². The minimum Gasteiger partial charge on any atom is -0.354 e. The zero-order chi connectivity index (χ0) is 18.1. The number of benzene rings is 4. The molecule has 1 aliphatic heterocycles. The summed E-state index contributed by atoms with van der Waals surface area (Å²) >= 11 is 1.82. The molecule has 1 nitrogen and oxygen atoms in total. The van der Waals surface area contributed by atoms with Crippen molar-refractivity contribution in [3.8, 4) is 11.1 Å². The lowest BCUT2D eigenvalue weighted by atomic mass is 10.1. The highest BCUT2D eigenvalue weighted by Crippen LogP contribution is 2.43. The van der Waals surface area contributed by atoms with Crippen LogP contribution in [0.4, 0.5) is 11.4 Å². The van der Waals surface area contributed by atoms with E-state index < -0.39 is 0 Å². The van der Waals surface area contributed by atoms with Gasteiger partial charge in [-0.1, -0.05) is 84.6 Å². The number of hydrogen-bond donors (Lipinski definition) is 1. The van der Waals surface area contributed by atoms with Crippen LogP contribution in [0.2, 0.25) is 0 Å². The molecule has 0 spiro atoms. The van der Waals surface area contributed by atoms with Gasteiger partial charge in [-0.05, 0) is 52.9 Å². The predicted octanol–water partition coefficient (Wildman–Crippen LogP) is 7.15. The van der Waals surface area contributed by atoms with Gasteiger partial charge in [-0.25, -0.2) is 0 Å². The molecule has 130 valence electrons. The molecule has 1 heterocycles. The van der Waals surface area contributed by atoms with E-state index in [9.17, 15) is 0 Å². The monoisotopic (exact) mass is 365 g/mol. The third-order valence-electron chi connectivity index (χ3n) is 4.97. The molecule has 0 bridgehead atoms. The second-order valence-corrected chi connectivity index (χ2v) is 7.79. The van der Waals surface area contributed by atoms with Crippen LogP contribution in [0.1, 0.15) is 11.1 Å². The SMILES string of the molecule is c1ccc2c(c1)Cc1ccccc1-2.c1ccc2c(c1)Nc1ccccc1S2. The summed E-state index contributed by atoms with van der Waals surface area (Å²) in [4.78, 5) is 2.59. The first kappa shape index (κ1) is 16.2. The third kappa shape index (κ3) is 3.13. The Morgan fingerprint density at radius 2 is 0.963 bits per heavy atom. The van der Waals surface area contributed by atoms with Crippen LogP contribution in [-0.4, -0.2) is 0 Å². The molecule has 4 aromatic rings. The highest BCUT2D eigenvalue weighted by molar-refractivity contribution is 7.99.